The van der Waals surface area contributed by atoms with Crippen molar-refractivity contribution in [3.05, 3.63) is 29.3 Å². The highest BCUT2D eigenvalue weighted by Gasteiger charge is 2.08. The lowest BCUT2D eigenvalue weighted by Crippen LogP contribution is -2.18. The first-order chi connectivity index (χ1) is 8.12. The van der Waals surface area contributed by atoms with Crippen molar-refractivity contribution in [3.8, 4) is 5.75 Å². The highest BCUT2D eigenvalue weighted by atomic mass is 16.5. The van der Waals surface area contributed by atoms with Crippen LogP contribution in [0.4, 0.5) is 0 Å². The Kier molecular flexibility index (Phi) is 4.78. The van der Waals surface area contributed by atoms with Crippen LogP contribution in [0.3, 0.4) is 0 Å². The Hall–Kier alpha value is -1.75. The van der Waals surface area contributed by atoms with Gasteiger partial charge in [-0.3, -0.25) is 0 Å². The van der Waals surface area contributed by atoms with Crippen molar-refractivity contribution in [2.24, 2.45) is 10.9 Å². The lowest BCUT2D eigenvalue weighted by Gasteiger charge is -2.17. The SMILES string of the molecule is CCN(C)Cc1cc(/C(N)=N/O)ccc1OC. The van der Waals surface area contributed by atoms with E-state index in [9.17, 15) is 0 Å². The number of methoxy groups -OCH3 is 1. The molecule has 0 aromatic heterocycles. The Labute approximate surface area is 101 Å². The summed E-state index contributed by atoms with van der Waals surface area (Å²) in [5.74, 6) is 0.910. The molecule has 0 heterocycles. The Bertz CT molecular complexity index is 405. The zero-order chi connectivity index (χ0) is 12.8. The minimum Gasteiger partial charge on any atom is -0.496 e. The smallest absolute Gasteiger partial charge is 0.170 e. The summed E-state index contributed by atoms with van der Waals surface area (Å²) in [7, 11) is 3.66. The fraction of sp³-hybridized carbons (Fsp3) is 0.417. The molecule has 1 aromatic rings. The van der Waals surface area contributed by atoms with Crippen LogP contribution in [0.5, 0.6) is 5.75 Å². The third-order valence-electron chi connectivity index (χ3n) is 2.66. The molecule has 0 saturated carbocycles. The van der Waals surface area contributed by atoms with Crippen molar-refractivity contribution in [3.63, 3.8) is 0 Å². The van der Waals surface area contributed by atoms with Crippen molar-refractivity contribution < 1.29 is 9.94 Å². The number of hydrogen-bond donors (Lipinski definition) is 2. The molecule has 17 heavy (non-hydrogen) atoms. The molecule has 0 amide bonds. The highest BCUT2D eigenvalue weighted by molar-refractivity contribution is 5.97. The van der Waals surface area contributed by atoms with Gasteiger partial charge < -0.3 is 20.6 Å². The molecule has 0 unspecified atom stereocenters. The van der Waals surface area contributed by atoms with Gasteiger partial charge in [-0.25, -0.2) is 0 Å². The summed E-state index contributed by atoms with van der Waals surface area (Å²) >= 11 is 0. The first-order valence-corrected chi connectivity index (χ1v) is 5.45. The molecule has 0 aliphatic carbocycles. The zero-order valence-electron chi connectivity index (χ0n) is 10.5. The minimum absolute atomic E-state index is 0.105. The number of amidine groups is 1. The van der Waals surface area contributed by atoms with E-state index in [1.54, 1.807) is 13.2 Å². The number of rotatable bonds is 5. The predicted molar refractivity (Wildman–Crippen MR) is 67.5 cm³/mol. The number of oxime groups is 1. The molecule has 1 aromatic carbocycles. The monoisotopic (exact) mass is 237 g/mol. The van der Waals surface area contributed by atoms with Crippen LogP contribution in [0.15, 0.2) is 23.4 Å². The van der Waals surface area contributed by atoms with Gasteiger partial charge in [-0.1, -0.05) is 12.1 Å². The Morgan fingerprint density at radius 1 is 1.53 bits per heavy atom. The summed E-state index contributed by atoms with van der Waals surface area (Å²) in [6.45, 7) is 3.78. The Morgan fingerprint density at radius 2 is 2.24 bits per heavy atom. The van der Waals surface area contributed by atoms with Gasteiger partial charge in [-0.2, -0.15) is 0 Å². The fourth-order valence-electron chi connectivity index (χ4n) is 1.52. The summed E-state index contributed by atoms with van der Waals surface area (Å²) in [5, 5.41) is 11.6. The normalized spacial score (nSPS) is 11.9. The maximum atomic E-state index is 8.65. The van der Waals surface area contributed by atoms with E-state index < -0.39 is 0 Å². The summed E-state index contributed by atoms with van der Waals surface area (Å²) in [6, 6.07) is 5.47. The number of ether oxygens (including phenoxy) is 1. The number of nitrogens with zero attached hydrogens (tertiary/aromatic N) is 2. The van der Waals surface area contributed by atoms with E-state index in [2.05, 4.69) is 17.0 Å². The fourth-order valence-corrected chi connectivity index (χ4v) is 1.52. The standard InChI is InChI=1S/C12H19N3O2/c1-4-15(2)8-10-7-9(12(13)14-16)5-6-11(10)17-3/h5-7,16H,4,8H2,1-3H3,(H2,13,14). The molecule has 0 aliphatic heterocycles. The molecule has 0 bridgehead atoms. The van der Waals surface area contributed by atoms with Crippen LogP contribution in [-0.4, -0.2) is 36.6 Å². The number of nitrogens with two attached hydrogens (primary N) is 1. The number of benzene rings is 1. The molecule has 0 aliphatic rings. The van der Waals surface area contributed by atoms with E-state index in [4.69, 9.17) is 15.7 Å². The number of hydrogen-bond acceptors (Lipinski definition) is 4. The largest absolute Gasteiger partial charge is 0.496 e. The van der Waals surface area contributed by atoms with Gasteiger partial charge in [0.05, 0.1) is 7.11 Å². The second kappa shape index (κ2) is 6.10. The van der Waals surface area contributed by atoms with Crippen LogP contribution < -0.4 is 10.5 Å². The topological polar surface area (TPSA) is 71.1 Å². The van der Waals surface area contributed by atoms with Crippen LogP contribution in [0, 0.1) is 0 Å². The average molecular weight is 237 g/mol. The lowest BCUT2D eigenvalue weighted by atomic mass is 10.1. The highest BCUT2D eigenvalue weighted by Crippen LogP contribution is 2.21. The lowest BCUT2D eigenvalue weighted by molar-refractivity contribution is 0.318. The van der Waals surface area contributed by atoms with Gasteiger partial charge in [0.15, 0.2) is 5.84 Å². The molecular formula is C12H19N3O2. The quantitative estimate of drug-likeness (QED) is 0.350. The van der Waals surface area contributed by atoms with E-state index in [1.165, 1.54) is 0 Å². The summed E-state index contributed by atoms with van der Waals surface area (Å²) in [5.41, 5.74) is 7.27. The summed E-state index contributed by atoms with van der Waals surface area (Å²) in [4.78, 5) is 2.15. The van der Waals surface area contributed by atoms with Gasteiger partial charge in [0.1, 0.15) is 5.75 Å². The van der Waals surface area contributed by atoms with Gasteiger partial charge in [0.2, 0.25) is 0 Å². The van der Waals surface area contributed by atoms with Crippen LogP contribution in [0.1, 0.15) is 18.1 Å². The third kappa shape index (κ3) is 3.35. The first-order valence-electron chi connectivity index (χ1n) is 5.45. The predicted octanol–water partition coefficient (Wildman–Crippen LogP) is 1.24. The zero-order valence-corrected chi connectivity index (χ0v) is 10.5. The molecule has 94 valence electrons. The molecule has 0 atom stereocenters. The van der Waals surface area contributed by atoms with Gasteiger partial charge in [-0.15, -0.1) is 0 Å². The van der Waals surface area contributed by atoms with Crippen LogP contribution >= 0.6 is 0 Å². The Balaban J connectivity index is 3.06. The average Bonchev–Trinajstić information content (AvgIpc) is 2.37. The van der Waals surface area contributed by atoms with Gasteiger partial charge >= 0.3 is 0 Å². The van der Waals surface area contributed by atoms with Crippen molar-refractivity contribution in [1.82, 2.24) is 4.90 Å². The molecule has 0 radical (unpaired) electrons. The maximum Gasteiger partial charge on any atom is 0.170 e. The molecule has 0 fully saturated rings. The van der Waals surface area contributed by atoms with Gasteiger partial charge in [0.25, 0.3) is 0 Å². The maximum absolute atomic E-state index is 8.65. The third-order valence-corrected chi connectivity index (χ3v) is 2.66. The molecule has 1 rings (SSSR count). The van der Waals surface area contributed by atoms with Crippen molar-refractivity contribution >= 4 is 5.84 Å². The van der Waals surface area contributed by atoms with Gasteiger partial charge in [-0.05, 0) is 31.8 Å². The van der Waals surface area contributed by atoms with E-state index in [0.717, 1.165) is 24.4 Å². The van der Waals surface area contributed by atoms with Crippen LogP contribution in [0.25, 0.3) is 0 Å². The Morgan fingerprint density at radius 3 is 2.76 bits per heavy atom. The molecular weight excluding hydrogens is 218 g/mol. The second-order valence-corrected chi connectivity index (χ2v) is 3.84. The second-order valence-electron chi connectivity index (χ2n) is 3.84. The van der Waals surface area contributed by atoms with E-state index in [0.29, 0.717) is 5.56 Å². The van der Waals surface area contributed by atoms with E-state index in [-0.39, 0.29) is 5.84 Å². The summed E-state index contributed by atoms with van der Waals surface area (Å²) < 4.78 is 5.29. The van der Waals surface area contributed by atoms with E-state index >= 15 is 0 Å². The molecule has 0 spiro atoms. The van der Waals surface area contributed by atoms with Crippen LogP contribution in [0.2, 0.25) is 0 Å². The molecule has 0 saturated heterocycles. The summed E-state index contributed by atoms with van der Waals surface area (Å²) in [6.07, 6.45) is 0. The van der Waals surface area contributed by atoms with Crippen LogP contribution in [-0.2, 0) is 6.54 Å². The van der Waals surface area contributed by atoms with Gasteiger partial charge in [0, 0.05) is 17.7 Å². The van der Waals surface area contributed by atoms with Crippen molar-refractivity contribution in [1.29, 1.82) is 0 Å². The molecule has 5 heteroatoms. The first kappa shape index (κ1) is 13.3. The van der Waals surface area contributed by atoms with Crippen molar-refractivity contribution in [2.75, 3.05) is 20.7 Å². The molecule has 5 nitrogen and oxygen atoms in total. The molecule has 3 N–H and O–H groups in total. The van der Waals surface area contributed by atoms with Crippen molar-refractivity contribution in [2.45, 2.75) is 13.5 Å². The van der Waals surface area contributed by atoms with E-state index in [1.807, 2.05) is 19.2 Å². The minimum atomic E-state index is 0.105.